The Bertz CT molecular complexity index is 235. The van der Waals surface area contributed by atoms with Gasteiger partial charge in [0.2, 0.25) is 0 Å². The summed E-state index contributed by atoms with van der Waals surface area (Å²) >= 11 is 0. The monoisotopic (exact) mass is 154 g/mol. The van der Waals surface area contributed by atoms with E-state index in [1.807, 2.05) is 20.8 Å². The summed E-state index contributed by atoms with van der Waals surface area (Å²) in [5, 5.41) is 0. The summed E-state index contributed by atoms with van der Waals surface area (Å²) in [6, 6.07) is 0. The second kappa shape index (κ2) is 2.63. The topological polar surface area (TPSA) is 25.8 Å². The molecule has 0 bridgehead atoms. The van der Waals surface area contributed by atoms with E-state index in [1.165, 1.54) is 0 Å². The molecule has 0 amide bonds. The van der Waals surface area contributed by atoms with Crippen molar-refractivity contribution in [3.63, 3.8) is 0 Å². The van der Waals surface area contributed by atoms with Crippen molar-refractivity contribution in [2.75, 3.05) is 0 Å². The third-order valence-electron chi connectivity index (χ3n) is 1.54. The molecule has 10 heavy (non-hydrogen) atoms. The van der Waals surface area contributed by atoms with Gasteiger partial charge in [-0.05, 0) is 26.3 Å². The Labute approximate surface area is 63.3 Å². The van der Waals surface area contributed by atoms with Crippen LogP contribution in [-0.4, -0.2) is 9.97 Å². The lowest BCUT2D eigenvalue weighted by atomic mass is 10.3. The van der Waals surface area contributed by atoms with Crippen molar-refractivity contribution in [1.82, 2.24) is 9.97 Å². The highest BCUT2D eigenvalue weighted by molar-refractivity contribution is 7.27. The second-order valence-corrected chi connectivity index (χ2v) is 2.91. The van der Waals surface area contributed by atoms with Crippen molar-refractivity contribution >= 4 is 14.7 Å². The molecule has 0 aliphatic rings. The maximum Gasteiger partial charge on any atom is 0.126 e. The van der Waals surface area contributed by atoms with Crippen molar-refractivity contribution in [2.45, 2.75) is 20.8 Å². The molecule has 54 valence electrons. The number of nitrogens with zero attached hydrogens (tertiary/aromatic N) is 2. The molecule has 1 aromatic rings. The van der Waals surface area contributed by atoms with Crippen LogP contribution in [0.3, 0.4) is 0 Å². The molecule has 0 saturated heterocycles. The Morgan fingerprint density at radius 2 is 1.70 bits per heavy atom. The van der Waals surface area contributed by atoms with Crippen LogP contribution in [-0.2, 0) is 0 Å². The van der Waals surface area contributed by atoms with Crippen molar-refractivity contribution in [3.05, 3.63) is 17.1 Å². The van der Waals surface area contributed by atoms with Gasteiger partial charge in [0, 0.05) is 5.69 Å². The van der Waals surface area contributed by atoms with Crippen LogP contribution in [0.25, 0.3) is 0 Å². The van der Waals surface area contributed by atoms with Crippen molar-refractivity contribution in [1.29, 1.82) is 0 Å². The highest BCUT2D eigenvalue weighted by Crippen LogP contribution is 2.01. The van der Waals surface area contributed by atoms with Crippen molar-refractivity contribution < 1.29 is 0 Å². The molecule has 1 heterocycles. The van der Waals surface area contributed by atoms with Crippen LogP contribution in [0.4, 0.5) is 0 Å². The van der Waals surface area contributed by atoms with Gasteiger partial charge in [0.1, 0.15) is 5.82 Å². The fourth-order valence-electron chi connectivity index (χ4n) is 0.795. The lowest BCUT2D eigenvalue weighted by molar-refractivity contribution is 1.01. The summed E-state index contributed by atoms with van der Waals surface area (Å²) in [6.45, 7) is 5.93. The molecular weight excluding hydrogens is 143 g/mol. The summed E-state index contributed by atoms with van der Waals surface area (Å²) < 4.78 is 0. The van der Waals surface area contributed by atoms with Gasteiger partial charge in [-0.1, -0.05) is 9.24 Å². The Morgan fingerprint density at radius 1 is 1.10 bits per heavy atom. The van der Waals surface area contributed by atoms with Crippen LogP contribution in [0.2, 0.25) is 0 Å². The molecule has 3 heteroatoms. The molecule has 1 aromatic heterocycles. The third-order valence-corrected chi connectivity index (χ3v) is 2.10. The Hall–Kier alpha value is -0.490. The number of hydrogen-bond acceptors (Lipinski definition) is 2. The van der Waals surface area contributed by atoms with E-state index >= 15 is 0 Å². The summed E-state index contributed by atoms with van der Waals surface area (Å²) in [4.78, 5) is 8.40. The molecule has 2 nitrogen and oxygen atoms in total. The van der Waals surface area contributed by atoms with E-state index in [0.29, 0.717) is 0 Å². The second-order valence-electron chi connectivity index (χ2n) is 2.37. The molecule has 0 saturated carbocycles. The smallest absolute Gasteiger partial charge is 0.126 e. The number of aromatic nitrogens is 2. The average molecular weight is 154 g/mol. The van der Waals surface area contributed by atoms with E-state index < -0.39 is 0 Å². The lowest BCUT2D eigenvalue weighted by Crippen LogP contribution is -2.09. The molecular formula is C7H11N2P. The standard InChI is InChI=1S/C7H11N2P/c1-4-5(2)8-6(3)9-7(4)10/h10H2,1-3H3. The first-order chi connectivity index (χ1) is 4.61. The molecule has 0 radical (unpaired) electrons. The predicted octanol–water partition coefficient (Wildman–Crippen LogP) is 0.902. The molecule has 1 atom stereocenters. The van der Waals surface area contributed by atoms with Gasteiger partial charge in [-0.25, -0.2) is 9.97 Å². The van der Waals surface area contributed by atoms with E-state index in [0.717, 1.165) is 22.5 Å². The Balaban J connectivity index is 3.31. The van der Waals surface area contributed by atoms with Crippen LogP contribution in [0.5, 0.6) is 0 Å². The van der Waals surface area contributed by atoms with E-state index in [4.69, 9.17) is 0 Å². The molecule has 0 aromatic carbocycles. The SMILES string of the molecule is Cc1nc(C)c(C)c(P)n1. The zero-order chi connectivity index (χ0) is 7.72. The average Bonchev–Trinajstić information content (AvgIpc) is 1.82. The highest BCUT2D eigenvalue weighted by atomic mass is 31.0. The molecule has 1 unspecified atom stereocenters. The maximum absolute atomic E-state index is 4.21. The summed E-state index contributed by atoms with van der Waals surface area (Å²) in [6.07, 6.45) is 0. The van der Waals surface area contributed by atoms with Crippen LogP contribution in [0, 0.1) is 20.8 Å². The minimum Gasteiger partial charge on any atom is -0.238 e. The first kappa shape index (κ1) is 7.62. The zero-order valence-electron chi connectivity index (χ0n) is 6.47. The van der Waals surface area contributed by atoms with Crippen molar-refractivity contribution in [3.8, 4) is 0 Å². The normalized spacial score (nSPS) is 10.0. The lowest BCUT2D eigenvalue weighted by Gasteiger charge is -2.02. The molecule has 0 spiro atoms. The van der Waals surface area contributed by atoms with Crippen LogP contribution in [0.15, 0.2) is 0 Å². The Kier molecular flexibility index (Phi) is 2.00. The third kappa shape index (κ3) is 1.32. The molecule has 0 aliphatic heterocycles. The summed E-state index contributed by atoms with van der Waals surface area (Å²) in [7, 11) is 2.60. The van der Waals surface area contributed by atoms with Crippen molar-refractivity contribution in [2.24, 2.45) is 0 Å². The van der Waals surface area contributed by atoms with Crippen LogP contribution in [0.1, 0.15) is 17.1 Å². The first-order valence-electron chi connectivity index (χ1n) is 3.18. The fraction of sp³-hybridized carbons (Fsp3) is 0.429. The summed E-state index contributed by atoms with van der Waals surface area (Å²) in [5.41, 5.74) is 3.23. The van der Waals surface area contributed by atoms with E-state index in [1.54, 1.807) is 0 Å². The molecule has 0 aliphatic carbocycles. The van der Waals surface area contributed by atoms with E-state index in [-0.39, 0.29) is 0 Å². The van der Waals surface area contributed by atoms with Gasteiger partial charge in [0.05, 0.1) is 5.44 Å². The Morgan fingerprint density at radius 3 is 2.20 bits per heavy atom. The zero-order valence-corrected chi connectivity index (χ0v) is 7.63. The van der Waals surface area contributed by atoms with E-state index in [9.17, 15) is 0 Å². The van der Waals surface area contributed by atoms with Gasteiger partial charge < -0.3 is 0 Å². The van der Waals surface area contributed by atoms with Crippen LogP contribution >= 0.6 is 9.24 Å². The van der Waals surface area contributed by atoms with E-state index in [2.05, 4.69) is 19.2 Å². The largest absolute Gasteiger partial charge is 0.238 e. The minimum absolute atomic E-state index is 0.841. The highest BCUT2D eigenvalue weighted by Gasteiger charge is 1.99. The first-order valence-corrected chi connectivity index (χ1v) is 3.76. The number of hydrogen-bond donors (Lipinski definition) is 0. The minimum atomic E-state index is 0.841. The predicted molar refractivity (Wildman–Crippen MR) is 45.6 cm³/mol. The van der Waals surface area contributed by atoms with Gasteiger partial charge in [-0.2, -0.15) is 0 Å². The molecule has 0 N–H and O–H groups in total. The van der Waals surface area contributed by atoms with Gasteiger partial charge >= 0.3 is 0 Å². The van der Waals surface area contributed by atoms with Gasteiger partial charge in [0.15, 0.2) is 0 Å². The maximum atomic E-state index is 4.21. The molecule has 1 rings (SSSR count). The van der Waals surface area contributed by atoms with Gasteiger partial charge in [-0.3, -0.25) is 0 Å². The van der Waals surface area contributed by atoms with Gasteiger partial charge in [-0.15, -0.1) is 0 Å². The van der Waals surface area contributed by atoms with Crippen LogP contribution < -0.4 is 5.44 Å². The number of rotatable bonds is 0. The number of aryl methyl sites for hydroxylation is 2. The molecule has 0 fully saturated rings. The van der Waals surface area contributed by atoms with Gasteiger partial charge in [0.25, 0.3) is 0 Å². The quantitative estimate of drug-likeness (QED) is 0.519. The summed E-state index contributed by atoms with van der Waals surface area (Å²) in [5.74, 6) is 0.841. The fourth-order valence-corrected chi connectivity index (χ4v) is 1.19.